The first kappa shape index (κ1) is 16.3. The predicted molar refractivity (Wildman–Crippen MR) is 76.8 cm³/mol. The highest BCUT2D eigenvalue weighted by molar-refractivity contribution is 9.10. The number of hydrogen-bond donors (Lipinski definition) is 2. The molecule has 0 atom stereocenters. The Hall–Kier alpha value is -0.720. The van der Waals surface area contributed by atoms with Gasteiger partial charge in [0.05, 0.1) is 18.8 Å². The van der Waals surface area contributed by atoms with Crippen molar-refractivity contribution in [3.63, 3.8) is 0 Å². The minimum absolute atomic E-state index is 0.154. The van der Waals surface area contributed by atoms with E-state index in [0.717, 1.165) is 23.1 Å². The first-order chi connectivity index (χ1) is 9.08. The van der Waals surface area contributed by atoms with Gasteiger partial charge in [-0.1, -0.05) is 13.0 Å². The number of nitrogens with one attached hydrogen (secondary N) is 1. The fraction of sp³-hybridized carbons (Fsp3) is 0.538. The molecule has 0 saturated carbocycles. The highest BCUT2D eigenvalue weighted by atomic mass is 79.9. The van der Waals surface area contributed by atoms with Crippen molar-refractivity contribution in [2.75, 3.05) is 31.1 Å². The number of aliphatic hydroxyl groups is 1. The number of rotatable bonds is 8. The molecular weight excluding hydrogens is 318 g/mol. The van der Waals surface area contributed by atoms with Gasteiger partial charge in [-0.15, -0.1) is 0 Å². The molecule has 0 amide bonds. The number of anilines is 1. The molecule has 0 radical (unpaired) electrons. The summed E-state index contributed by atoms with van der Waals surface area (Å²) in [6, 6.07) is 5.61. The second-order valence-electron chi connectivity index (χ2n) is 4.13. The summed E-state index contributed by atoms with van der Waals surface area (Å²) in [5.74, 6) is 0. The highest BCUT2D eigenvalue weighted by Gasteiger charge is 2.15. The maximum atomic E-state index is 12.5. The van der Waals surface area contributed by atoms with Crippen LogP contribution in [0.5, 0.6) is 0 Å². The molecule has 0 aliphatic heterocycles. The van der Waals surface area contributed by atoms with Crippen LogP contribution in [0.2, 0.25) is 0 Å². The molecule has 1 aromatic carbocycles. The Bertz CT molecular complexity index is 391. The second kappa shape index (κ2) is 8.45. The molecule has 6 heteroatoms. The second-order valence-corrected chi connectivity index (χ2v) is 4.98. The number of nitrogens with zero attached hydrogens (tertiary/aromatic N) is 1. The molecule has 0 bridgehead atoms. The summed E-state index contributed by atoms with van der Waals surface area (Å²) in [5.41, 5.74) is 1.76. The van der Waals surface area contributed by atoms with Crippen LogP contribution >= 0.6 is 15.9 Å². The van der Waals surface area contributed by atoms with Crippen molar-refractivity contribution in [2.24, 2.45) is 0 Å². The van der Waals surface area contributed by atoms with Crippen LogP contribution in [0.25, 0.3) is 0 Å². The van der Waals surface area contributed by atoms with Gasteiger partial charge in [0.1, 0.15) is 0 Å². The lowest BCUT2D eigenvalue weighted by Gasteiger charge is -2.25. The fourth-order valence-electron chi connectivity index (χ4n) is 1.78. The van der Waals surface area contributed by atoms with Crippen molar-refractivity contribution < 1.29 is 13.9 Å². The number of aliphatic hydroxyl groups excluding tert-OH is 1. The number of hydrogen-bond acceptors (Lipinski definition) is 3. The summed E-state index contributed by atoms with van der Waals surface area (Å²) in [4.78, 5) is 1.48. The van der Waals surface area contributed by atoms with Crippen molar-refractivity contribution >= 4 is 21.6 Å². The summed E-state index contributed by atoms with van der Waals surface area (Å²) < 4.78 is 25.8. The van der Waals surface area contributed by atoms with E-state index in [0.29, 0.717) is 5.69 Å². The normalized spacial score (nSPS) is 11.1. The molecule has 0 fully saturated rings. The van der Waals surface area contributed by atoms with E-state index in [1.807, 2.05) is 19.1 Å². The van der Waals surface area contributed by atoms with E-state index in [4.69, 9.17) is 5.11 Å². The van der Waals surface area contributed by atoms with Crippen molar-refractivity contribution in [1.29, 1.82) is 0 Å². The van der Waals surface area contributed by atoms with E-state index >= 15 is 0 Å². The van der Waals surface area contributed by atoms with Crippen LogP contribution in [0.4, 0.5) is 14.5 Å². The van der Waals surface area contributed by atoms with Crippen LogP contribution in [0, 0.1) is 0 Å². The first-order valence-corrected chi connectivity index (χ1v) is 7.00. The molecule has 0 aromatic heterocycles. The lowest BCUT2D eigenvalue weighted by atomic mass is 10.2. The minimum Gasteiger partial charge on any atom is -0.395 e. The van der Waals surface area contributed by atoms with Crippen molar-refractivity contribution in [3.05, 3.63) is 28.2 Å². The van der Waals surface area contributed by atoms with Gasteiger partial charge >= 0.3 is 0 Å². The molecule has 108 valence electrons. The minimum atomic E-state index is -2.43. The van der Waals surface area contributed by atoms with E-state index in [9.17, 15) is 8.78 Å². The molecule has 19 heavy (non-hydrogen) atoms. The molecule has 0 saturated heterocycles. The summed E-state index contributed by atoms with van der Waals surface area (Å²) >= 11 is 3.40. The Labute approximate surface area is 120 Å². The average Bonchev–Trinajstić information content (AvgIpc) is 2.35. The van der Waals surface area contributed by atoms with Gasteiger partial charge in [-0.25, -0.2) is 8.78 Å². The van der Waals surface area contributed by atoms with Gasteiger partial charge < -0.3 is 15.3 Å². The molecule has 0 aliphatic carbocycles. The lowest BCUT2D eigenvalue weighted by Crippen LogP contribution is -2.31. The van der Waals surface area contributed by atoms with Crippen LogP contribution < -0.4 is 10.2 Å². The predicted octanol–water partition coefficient (Wildman–Crippen LogP) is 2.62. The summed E-state index contributed by atoms with van der Waals surface area (Å²) in [5, 5.41) is 12.2. The molecule has 0 spiro atoms. The van der Waals surface area contributed by atoms with Gasteiger partial charge in [0, 0.05) is 17.6 Å². The Morgan fingerprint density at radius 3 is 2.68 bits per heavy atom. The zero-order valence-corrected chi connectivity index (χ0v) is 12.5. The van der Waals surface area contributed by atoms with E-state index in [2.05, 4.69) is 21.2 Å². The van der Waals surface area contributed by atoms with Gasteiger partial charge in [-0.2, -0.15) is 0 Å². The summed E-state index contributed by atoms with van der Waals surface area (Å²) in [7, 11) is 0. The number of benzene rings is 1. The van der Waals surface area contributed by atoms with Crippen LogP contribution in [-0.4, -0.2) is 37.8 Å². The SMILES string of the molecule is CCNCc1ccc(N(CCO)CC(F)F)c(Br)c1. The van der Waals surface area contributed by atoms with Crippen LogP contribution in [0.15, 0.2) is 22.7 Å². The van der Waals surface area contributed by atoms with E-state index in [1.54, 1.807) is 6.07 Å². The molecule has 0 unspecified atom stereocenters. The summed E-state index contributed by atoms with van der Waals surface area (Å²) in [6.45, 7) is 3.29. The lowest BCUT2D eigenvalue weighted by molar-refractivity contribution is 0.152. The molecular formula is C13H19BrF2N2O. The first-order valence-electron chi connectivity index (χ1n) is 6.21. The standard InChI is InChI=1S/C13H19BrF2N2O/c1-2-17-8-10-3-4-12(11(14)7-10)18(5-6-19)9-13(15)16/h3-4,7,13,17,19H,2,5-6,8-9H2,1H3. The van der Waals surface area contributed by atoms with E-state index in [-0.39, 0.29) is 19.7 Å². The third kappa shape index (κ3) is 5.42. The number of alkyl halides is 2. The molecule has 1 aromatic rings. The van der Waals surface area contributed by atoms with Crippen LogP contribution in [-0.2, 0) is 6.54 Å². The Morgan fingerprint density at radius 1 is 1.42 bits per heavy atom. The maximum Gasteiger partial charge on any atom is 0.255 e. The Kier molecular flexibility index (Phi) is 7.27. The van der Waals surface area contributed by atoms with Crippen molar-refractivity contribution in [1.82, 2.24) is 5.32 Å². The average molecular weight is 337 g/mol. The zero-order chi connectivity index (χ0) is 14.3. The molecule has 0 heterocycles. The van der Waals surface area contributed by atoms with Crippen molar-refractivity contribution in [3.8, 4) is 0 Å². The highest BCUT2D eigenvalue weighted by Crippen LogP contribution is 2.27. The monoisotopic (exact) mass is 336 g/mol. The maximum absolute atomic E-state index is 12.5. The third-order valence-electron chi connectivity index (χ3n) is 2.66. The van der Waals surface area contributed by atoms with Crippen LogP contribution in [0.1, 0.15) is 12.5 Å². The molecule has 1 rings (SSSR count). The van der Waals surface area contributed by atoms with Gasteiger partial charge in [0.25, 0.3) is 6.43 Å². The van der Waals surface area contributed by atoms with Crippen LogP contribution in [0.3, 0.4) is 0 Å². The van der Waals surface area contributed by atoms with E-state index in [1.165, 1.54) is 4.90 Å². The topological polar surface area (TPSA) is 35.5 Å². The number of halogens is 3. The van der Waals surface area contributed by atoms with Gasteiger partial charge in [0.15, 0.2) is 0 Å². The van der Waals surface area contributed by atoms with Gasteiger partial charge in [0.2, 0.25) is 0 Å². The van der Waals surface area contributed by atoms with Gasteiger partial charge in [-0.05, 0) is 40.2 Å². The summed E-state index contributed by atoms with van der Waals surface area (Å²) in [6.07, 6.45) is -2.43. The largest absolute Gasteiger partial charge is 0.395 e. The fourth-order valence-corrected chi connectivity index (χ4v) is 2.46. The third-order valence-corrected chi connectivity index (χ3v) is 3.30. The molecule has 3 nitrogen and oxygen atoms in total. The smallest absolute Gasteiger partial charge is 0.255 e. The quantitative estimate of drug-likeness (QED) is 0.766. The van der Waals surface area contributed by atoms with Crippen molar-refractivity contribution in [2.45, 2.75) is 19.9 Å². The molecule has 2 N–H and O–H groups in total. The van der Waals surface area contributed by atoms with Gasteiger partial charge in [-0.3, -0.25) is 0 Å². The molecule has 0 aliphatic rings. The Morgan fingerprint density at radius 2 is 2.16 bits per heavy atom. The zero-order valence-electron chi connectivity index (χ0n) is 10.9. The van der Waals surface area contributed by atoms with E-state index < -0.39 is 6.43 Å². The Balaban J connectivity index is 2.84.